The molecule has 0 saturated carbocycles. The average Bonchev–Trinajstić information content (AvgIpc) is 4.04. The van der Waals surface area contributed by atoms with Gasteiger partial charge in [0, 0.05) is 35.9 Å². The molecule has 2 heterocycles. The van der Waals surface area contributed by atoms with Gasteiger partial charge in [-0.25, -0.2) is 0 Å². The Balaban J connectivity index is 0.00000165. The van der Waals surface area contributed by atoms with Crippen molar-refractivity contribution in [2.24, 2.45) is 17.6 Å². The van der Waals surface area contributed by atoms with Gasteiger partial charge >= 0.3 is 0 Å². The van der Waals surface area contributed by atoms with Crippen molar-refractivity contribution in [3.05, 3.63) is 204 Å². The molecule has 0 bridgehead atoms. The highest BCUT2D eigenvalue weighted by molar-refractivity contribution is 5.37. The molecular formula is C63H94N4O. The number of hydrogen-bond acceptors (Lipinski definition) is 5. The number of benzene rings is 3. The molecule has 1 aliphatic carbocycles. The summed E-state index contributed by atoms with van der Waals surface area (Å²) in [5, 5.41) is 3.77. The van der Waals surface area contributed by atoms with Crippen molar-refractivity contribution in [3.63, 3.8) is 0 Å². The van der Waals surface area contributed by atoms with Crippen LogP contribution in [0.15, 0.2) is 182 Å². The summed E-state index contributed by atoms with van der Waals surface area (Å²) in [5.41, 5.74) is 18.7. The number of nitrogens with zero attached hydrogens (tertiary/aromatic N) is 2. The molecule has 3 aromatic rings. The summed E-state index contributed by atoms with van der Waals surface area (Å²) in [6.07, 6.45) is 18.7. The van der Waals surface area contributed by atoms with E-state index in [1.54, 1.807) is 0 Å². The second kappa shape index (κ2) is 30.9. The lowest BCUT2D eigenvalue weighted by atomic mass is 9.90. The first kappa shape index (κ1) is 58.7. The van der Waals surface area contributed by atoms with Gasteiger partial charge in [-0.05, 0) is 130 Å². The van der Waals surface area contributed by atoms with Crippen LogP contribution in [0.4, 0.5) is 0 Å². The molecule has 2 fully saturated rings. The van der Waals surface area contributed by atoms with Gasteiger partial charge in [0.05, 0.1) is 36.4 Å². The van der Waals surface area contributed by atoms with E-state index in [0.29, 0.717) is 24.6 Å². The molecule has 4 atom stereocenters. The fourth-order valence-electron chi connectivity index (χ4n) is 9.15. The molecule has 0 aromatic heterocycles. The average molecular weight is 923 g/mol. The van der Waals surface area contributed by atoms with Crippen LogP contribution in [-0.2, 0) is 17.6 Å². The Bertz CT molecular complexity index is 2090. The van der Waals surface area contributed by atoms with Crippen molar-refractivity contribution in [1.29, 1.82) is 0 Å². The molecule has 68 heavy (non-hydrogen) atoms. The summed E-state index contributed by atoms with van der Waals surface area (Å²) in [6.45, 7) is 41.5. The van der Waals surface area contributed by atoms with Gasteiger partial charge in [0.1, 0.15) is 0 Å². The van der Waals surface area contributed by atoms with Crippen LogP contribution >= 0.6 is 0 Å². The fraction of sp³-hybridized carbons (Fsp3) is 0.460. The number of nitrogens with two attached hydrogens (primary N) is 1. The Morgan fingerprint density at radius 1 is 0.735 bits per heavy atom. The number of allylic oxidation sites excluding steroid dienone is 4. The Hall–Kier alpha value is -5.42. The van der Waals surface area contributed by atoms with Crippen molar-refractivity contribution in [2.45, 2.75) is 158 Å². The van der Waals surface area contributed by atoms with Crippen LogP contribution in [0, 0.1) is 11.8 Å². The van der Waals surface area contributed by atoms with E-state index in [0.717, 1.165) is 112 Å². The number of ether oxygens (including phenoxy) is 1. The summed E-state index contributed by atoms with van der Waals surface area (Å²) in [5.74, 6) is 1.21. The Morgan fingerprint density at radius 3 is 1.91 bits per heavy atom. The standard InChI is InChI=1S/C55H71N3O.C4H9N.C2H6.2CH4/c1-40(2)43(5)56-55(45(7)58-34-21-32-54(58)52-30-19-28-50(39-52)37-48-25-15-10-16-26-48)41(3)22-12-11-17-35-59-46(8)42(4)44(6)57-33-20-31-53(57)51-29-18-27-49(38-51)36-47-23-13-9-14-24-47;1-3-4(2)5;1-2;;/h9-10,13-16,19,23-26,28-30,38-40,42,53-56H,3,5-8,11-12,17-18,20-22,27,31-37H2,1-2,4H3;2-3,5H2,1H3;1-2H3;2*1H4/t42?,53?,54-,55-;;;;/m0..../s1. The highest BCUT2D eigenvalue weighted by Gasteiger charge is 2.33. The van der Waals surface area contributed by atoms with Crippen molar-refractivity contribution < 1.29 is 4.74 Å². The Morgan fingerprint density at radius 2 is 1.31 bits per heavy atom. The van der Waals surface area contributed by atoms with Crippen molar-refractivity contribution >= 4 is 0 Å². The SMILES string of the molecule is C.C.C=C(N)CC.C=C(N[C@@H](C(=C)CCCCCOC(=C)C(C)C(=C)N1CCCC1C1=CCCC(Cc2ccccc2)=C1)C(=C)N1CCC[C@H]1c1cccc(Cc2ccccc2)c1)C(C)C.CC. The quantitative estimate of drug-likeness (QED) is 0.0564. The molecule has 5 nitrogen and oxygen atoms in total. The summed E-state index contributed by atoms with van der Waals surface area (Å²) in [6, 6.07) is 31.4. The van der Waals surface area contributed by atoms with Gasteiger partial charge in [0.25, 0.3) is 0 Å². The second-order valence-corrected chi connectivity index (χ2v) is 18.6. The highest BCUT2D eigenvalue weighted by atomic mass is 16.5. The lowest BCUT2D eigenvalue weighted by Crippen LogP contribution is -2.40. The number of hydrogen-bond donors (Lipinski definition) is 2. The Labute approximate surface area is 417 Å². The van der Waals surface area contributed by atoms with Crippen LogP contribution in [0.25, 0.3) is 0 Å². The molecule has 0 spiro atoms. The topological polar surface area (TPSA) is 53.8 Å². The van der Waals surface area contributed by atoms with Crippen LogP contribution in [0.2, 0.25) is 0 Å². The van der Waals surface area contributed by atoms with Crippen LogP contribution in [0.5, 0.6) is 0 Å². The maximum absolute atomic E-state index is 6.31. The largest absolute Gasteiger partial charge is 0.498 e. The zero-order valence-electron chi connectivity index (χ0n) is 42.1. The predicted octanol–water partition coefficient (Wildman–Crippen LogP) is 16.4. The fourth-order valence-corrected chi connectivity index (χ4v) is 9.15. The molecule has 3 aromatic carbocycles. The molecule has 3 N–H and O–H groups in total. The van der Waals surface area contributed by atoms with E-state index in [-0.39, 0.29) is 26.8 Å². The third-order valence-corrected chi connectivity index (χ3v) is 13.3. The summed E-state index contributed by atoms with van der Waals surface area (Å²) in [7, 11) is 0. The van der Waals surface area contributed by atoms with Crippen LogP contribution in [-0.4, -0.2) is 41.6 Å². The van der Waals surface area contributed by atoms with E-state index < -0.39 is 0 Å². The van der Waals surface area contributed by atoms with E-state index in [1.807, 2.05) is 20.8 Å². The van der Waals surface area contributed by atoms with Gasteiger partial charge in [-0.1, -0.05) is 192 Å². The van der Waals surface area contributed by atoms with Gasteiger partial charge in [-0.15, -0.1) is 0 Å². The maximum Gasteiger partial charge on any atom is 0.0974 e. The van der Waals surface area contributed by atoms with Crippen LogP contribution < -0.4 is 11.1 Å². The molecular weight excluding hydrogens is 829 g/mol. The van der Waals surface area contributed by atoms with Crippen molar-refractivity contribution in [2.75, 3.05) is 19.7 Å². The van der Waals surface area contributed by atoms with Gasteiger partial charge < -0.3 is 25.6 Å². The summed E-state index contributed by atoms with van der Waals surface area (Å²) < 4.78 is 6.31. The van der Waals surface area contributed by atoms with Gasteiger partial charge in [-0.3, -0.25) is 0 Å². The molecule has 5 heteroatoms. The maximum atomic E-state index is 6.31. The highest BCUT2D eigenvalue weighted by Crippen LogP contribution is 2.38. The number of rotatable bonds is 23. The van der Waals surface area contributed by atoms with Crippen molar-refractivity contribution in [1.82, 2.24) is 15.1 Å². The third kappa shape index (κ3) is 17.9. The normalized spacial score (nSPS) is 17.0. The molecule has 372 valence electrons. The smallest absolute Gasteiger partial charge is 0.0974 e. The molecule has 2 saturated heterocycles. The molecule has 3 aliphatic rings. The zero-order chi connectivity index (χ0) is 48.0. The molecule has 0 radical (unpaired) electrons. The predicted molar refractivity (Wildman–Crippen MR) is 299 cm³/mol. The van der Waals surface area contributed by atoms with E-state index in [9.17, 15) is 0 Å². The van der Waals surface area contributed by atoms with Gasteiger partial charge in [-0.2, -0.15) is 0 Å². The summed E-state index contributed by atoms with van der Waals surface area (Å²) in [4.78, 5) is 5.06. The monoisotopic (exact) mass is 923 g/mol. The molecule has 2 unspecified atom stereocenters. The van der Waals surface area contributed by atoms with Crippen molar-refractivity contribution in [3.8, 4) is 0 Å². The summed E-state index contributed by atoms with van der Waals surface area (Å²) >= 11 is 0. The van der Waals surface area contributed by atoms with E-state index in [4.69, 9.17) is 17.0 Å². The van der Waals surface area contributed by atoms with E-state index in [2.05, 4.69) is 166 Å². The Kier molecular flexibility index (Phi) is 26.6. The molecule has 0 amide bonds. The number of nitrogens with one attached hydrogen (secondary N) is 1. The zero-order valence-corrected chi connectivity index (χ0v) is 42.1. The van der Waals surface area contributed by atoms with Crippen LogP contribution in [0.3, 0.4) is 0 Å². The van der Waals surface area contributed by atoms with Gasteiger partial charge in [0.2, 0.25) is 0 Å². The number of likely N-dealkylation sites (tertiary alicyclic amines) is 2. The lowest BCUT2D eigenvalue weighted by Gasteiger charge is -2.36. The van der Waals surface area contributed by atoms with E-state index in [1.165, 1.54) is 51.8 Å². The number of unbranched alkanes of at least 4 members (excludes halogenated alkanes) is 2. The van der Waals surface area contributed by atoms with E-state index >= 15 is 0 Å². The minimum atomic E-state index is -0.0504. The first-order valence-electron chi connectivity index (χ1n) is 25.2. The minimum Gasteiger partial charge on any atom is -0.498 e. The second-order valence-electron chi connectivity index (χ2n) is 18.6. The van der Waals surface area contributed by atoms with Gasteiger partial charge in [0.15, 0.2) is 0 Å². The minimum absolute atomic E-state index is 0. The first-order chi connectivity index (χ1) is 31.9. The lowest BCUT2D eigenvalue weighted by molar-refractivity contribution is 0.173. The molecule has 2 aliphatic heterocycles. The van der Waals surface area contributed by atoms with Crippen LogP contribution in [0.1, 0.15) is 155 Å². The first-order valence-corrected chi connectivity index (χ1v) is 25.2. The third-order valence-electron chi connectivity index (χ3n) is 13.3. The molecule has 6 rings (SSSR count).